The molecule has 0 fully saturated rings. The smallest absolute Gasteiger partial charge is 0.286 e. The third-order valence-corrected chi connectivity index (χ3v) is 7.19. The topological polar surface area (TPSA) is 115 Å². The lowest BCUT2D eigenvalue weighted by Crippen LogP contribution is -2.37. The lowest BCUT2D eigenvalue weighted by atomic mass is 10.1. The van der Waals surface area contributed by atoms with E-state index in [0.29, 0.717) is 39.2 Å². The first-order valence-electron chi connectivity index (χ1n) is 9.04. The van der Waals surface area contributed by atoms with E-state index in [-0.39, 0.29) is 23.8 Å². The van der Waals surface area contributed by atoms with Gasteiger partial charge in [-0.1, -0.05) is 29.3 Å². The van der Waals surface area contributed by atoms with Crippen LogP contribution in [0.2, 0.25) is 10.0 Å². The lowest BCUT2D eigenvalue weighted by Gasteiger charge is -2.27. The van der Waals surface area contributed by atoms with E-state index in [2.05, 4.69) is 16.2 Å². The minimum absolute atomic E-state index is 0.0190. The molecule has 2 N–H and O–H groups in total. The van der Waals surface area contributed by atoms with Crippen LogP contribution in [0.25, 0.3) is 0 Å². The second-order valence-electron chi connectivity index (χ2n) is 6.69. The van der Waals surface area contributed by atoms with E-state index < -0.39 is 15.9 Å². The number of amides is 1. The van der Waals surface area contributed by atoms with Crippen molar-refractivity contribution in [1.82, 2.24) is 14.3 Å². The van der Waals surface area contributed by atoms with Crippen molar-refractivity contribution in [3.05, 3.63) is 75.8 Å². The number of nitrogens with two attached hydrogens (primary N) is 1. The summed E-state index contributed by atoms with van der Waals surface area (Å²) < 4.78 is 33.4. The minimum atomic E-state index is -3.85. The fourth-order valence-corrected chi connectivity index (χ4v) is 4.78. The van der Waals surface area contributed by atoms with E-state index in [1.807, 2.05) is 0 Å². The zero-order valence-electron chi connectivity index (χ0n) is 15.9. The van der Waals surface area contributed by atoms with Crippen LogP contribution >= 0.6 is 23.2 Å². The molecule has 8 nitrogen and oxygen atoms in total. The lowest BCUT2D eigenvalue weighted by molar-refractivity contribution is 0.0989. The number of sulfonamides is 1. The van der Waals surface area contributed by atoms with Gasteiger partial charge in [0.25, 0.3) is 5.91 Å². The van der Waals surface area contributed by atoms with E-state index in [1.54, 1.807) is 30.3 Å². The van der Waals surface area contributed by atoms with Gasteiger partial charge in [-0.05, 0) is 30.7 Å². The van der Waals surface area contributed by atoms with Crippen molar-refractivity contribution in [2.45, 2.75) is 17.9 Å². The standard InChI is InChI=1S/C20H15Cl2N4O4S/c21-16-5-4-14(9-17(16)22)30-13-2-1-3-15(8-13)31(28,29)26-7-6-12-10-24-20(19(23)27)25-18(12)11-26/h1-5,8-9H,6-7,11H2,(H2,23,27). The monoisotopic (exact) mass is 477 g/mol. The number of carbonyl (C=O) groups excluding carboxylic acids is 1. The maximum absolute atomic E-state index is 13.2. The molecule has 4 rings (SSSR count). The highest BCUT2D eigenvalue weighted by molar-refractivity contribution is 7.89. The van der Waals surface area contributed by atoms with Crippen molar-refractivity contribution >= 4 is 39.1 Å². The zero-order valence-corrected chi connectivity index (χ0v) is 18.2. The average Bonchev–Trinajstić information content (AvgIpc) is 2.75. The first-order valence-corrected chi connectivity index (χ1v) is 11.2. The summed E-state index contributed by atoms with van der Waals surface area (Å²) in [4.78, 5) is 19.3. The number of hydrogen-bond donors (Lipinski definition) is 1. The maximum Gasteiger partial charge on any atom is 0.286 e. The van der Waals surface area contributed by atoms with Gasteiger partial charge in [-0.2, -0.15) is 4.31 Å². The largest absolute Gasteiger partial charge is 0.457 e. The highest BCUT2D eigenvalue weighted by Crippen LogP contribution is 2.31. The van der Waals surface area contributed by atoms with E-state index in [4.69, 9.17) is 33.7 Å². The molecule has 11 heteroatoms. The van der Waals surface area contributed by atoms with Crippen LogP contribution in [0.15, 0.2) is 47.4 Å². The van der Waals surface area contributed by atoms with Crippen molar-refractivity contribution in [2.24, 2.45) is 5.73 Å². The number of primary amides is 1. The number of halogens is 2. The van der Waals surface area contributed by atoms with Crippen LogP contribution in [0, 0.1) is 6.20 Å². The Morgan fingerprint density at radius 2 is 1.90 bits per heavy atom. The number of benzene rings is 2. The number of rotatable bonds is 5. The Kier molecular flexibility index (Phi) is 5.85. The zero-order chi connectivity index (χ0) is 22.2. The molecule has 0 unspecified atom stereocenters. The van der Waals surface area contributed by atoms with Gasteiger partial charge in [0.1, 0.15) is 11.5 Å². The van der Waals surface area contributed by atoms with Gasteiger partial charge in [0, 0.05) is 24.2 Å². The number of nitrogens with zero attached hydrogens (tertiary/aromatic N) is 3. The summed E-state index contributed by atoms with van der Waals surface area (Å²) in [6.45, 7) is 0.206. The molecule has 1 amide bonds. The molecule has 2 aromatic carbocycles. The van der Waals surface area contributed by atoms with Gasteiger partial charge in [0.05, 0.1) is 33.4 Å². The number of ether oxygens (including phenoxy) is 1. The summed E-state index contributed by atoms with van der Waals surface area (Å²) >= 11 is 11.9. The molecule has 159 valence electrons. The Balaban J connectivity index is 1.59. The van der Waals surface area contributed by atoms with Crippen LogP contribution in [0.4, 0.5) is 0 Å². The molecule has 0 aliphatic carbocycles. The normalized spacial score (nSPS) is 14.1. The summed E-state index contributed by atoms with van der Waals surface area (Å²) in [5.74, 6) is -0.258. The minimum Gasteiger partial charge on any atom is -0.457 e. The summed E-state index contributed by atoms with van der Waals surface area (Å²) in [6.07, 6.45) is 3.09. The molecule has 31 heavy (non-hydrogen) atoms. The van der Waals surface area contributed by atoms with Crippen molar-refractivity contribution in [1.29, 1.82) is 0 Å². The SMILES string of the molecule is NC(=O)c1n[c]c2c(n1)CN(S(=O)(=O)c1cccc(Oc3ccc(Cl)c(Cl)c3)c1)CC2. The summed E-state index contributed by atoms with van der Waals surface area (Å²) in [5, 5.41) is 0.709. The van der Waals surface area contributed by atoms with Gasteiger partial charge < -0.3 is 10.5 Å². The highest BCUT2D eigenvalue weighted by Gasteiger charge is 2.30. The summed E-state index contributed by atoms with van der Waals surface area (Å²) in [5.41, 5.74) is 6.28. The summed E-state index contributed by atoms with van der Waals surface area (Å²) in [6, 6.07) is 10.9. The van der Waals surface area contributed by atoms with Gasteiger partial charge in [-0.15, -0.1) is 0 Å². The third-order valence-electron chi connectivity index (χ3n) is 4.61. The van der Waals surface area contributed by atoms with Crippen LogP contribution in [0.5, 0.6) is 11.5 Å². The van der Waals surface area contributed by atoms with Crippen LogP contribution in [0.3, 0.4) is 0 Å². The van der Waals surface area contributed by atoms with Crippen LogP contribution in [-0.2, 0) is 23.0 Å². The van der Waals surface area contributed by atoms with E-state index in [1.165, 1.54) is 16.4 Å². The van der Waals surface area contributed by atoms with Crippen LogP contribution < -0.4 is 10.5 Å². The van der Waals surface area contributed by atoms with E-state index >= 15 is 0 Å². The predicted molar refractivity (Wildman–Crippen MR) is 114 cm³/mol. The molecule has 0 saturated carbocycles. The Morgan fingerprint density at radius 3 is 2.65 bits per heavy atom. The molecule has 1 aliphatic rings. The van der Waals surface area contributed by atoms with Gasteiger partial charge in [0.15, 0.2) is 0 Å². The fraction of sp³-hybridized carbons (Fsp3) is 0.150. The van der Waals surface area contributed by atoms with Crippen LogP contribution in [-0.4, -0.2) is 35.1 Å². The first kappa shape index (κ1) is 21.5. The Labute approximate surface area is 188 Å². The molecular formula is C20H15Cl2N4O4S. The number of carbonyl (C=O) groups is 1. The first-order chi connectivity index (χ1) is 14.7. The van der Waals surface area contributed by atoms with E-state index in [9.17, 15) is 13.2 Å². The molecule has 0 bridgehead atoms. The maximum atomic E-state index is 13.2. The van der Waals surface area contributed by atoms with Gasteiger partial charge in [-0.25, -0.2) is 18.4 Å². The second-order valence-corrected chi connectivity index (χ2v) is 9.44. The number of hydrogen-bond acceptors (Lipinski definition) is 6. The molecule has 0 saturated heterocycles. The van der Waals surface area contributed by atoms with Crippen molar-refractivity contribution in [3.8, 4) is 11.5 Å². The van der Waals surface area contributed by atoms with Gasteiger partial charge in [0.2, 0.25) is 15.8 Å². The molecule has 0 atom stereocenters. The Hall–Kier alpha value is -2.72. The molecular weight excluding hydrogens is 463 g/mol. The van der Waals surface area contributed by atoms with Gasteiger partial charge in [-0.3, -0.25) is 4.79 Å². The quantitative estimate of drug-likeness (QED) is 0.602. The molecule has 2 heterocycles. The number of aromatic nitrogens is 2. The summed E-state index contributed by atoms with van der Waals surface area (Å²) in [7, 11) is -3.85. The molecule has 3 aromatic rings. The molecule has 0 spiro atoms. The van der Waals surface area contributed by atoms with Crippen molar-refractivity contribution < 1.29 is 17.9 Å². The van der Waals surface area contributed by atoms with Crippen molar-refractivity contribution in [3.63, 3.8) is 0 Å². The predicted octanol–water partition coefficient (Wildman–Crippen LogP) is 3.22. The molecule has 1 aliphatic heterocycles. The molecule has 1 radical (unpaired) electrons. The van der Waals surface area contributed by atoms with E-state index in [0.717, 1.165) is 0 Å². The highest BCUT2D eigenvalue weighted by atomic mass is 35.5. The second kappa shape index (κ2) is 8.43. The Bertz CT molecular complexity index is 1280. The average molecular weight is 478 g/mol. The van der Waals surface area contributed by atoms with Crippen LogP contribution in [0.1, 0.15) is 21.9 Å². The molecule has 1 aromatic heterocycles. The Morgan fingerprint density at radius 1 is 1.13 bits per heavy atom. The number of fused-ring (bicyclic) bond motifs is 1. The third kappa shape index (κ3) is 4.49. The van der Waals surface area contributed by atoms with Gasteiger partial charge >= 0.3 is 0 Å². The van der Waals surface area contributed by atoms with Crippen molar-refractivity contribution in [2.75, 3.05) is 6.54 Å². The fourth-order valence-electron chi connectivity index (χ4n) is 3.06.